The second-order valence-corrected chi connectivity index (χ2v) is 7.81. The average Bonchev–Trinajstić information content (AvgIpc) is 3.25. The molecule has 1 aliphatic rings. The summed E-state index contributed by atoms with van der Waals surface area (Å²) in [5, 5.41) is 2.94. The highest BCUT2D eigenvalue weighted by Crippen LogP contribution is 2.19. The molecule has 1 atom stereocenters. The number of benzene rings is 1. The zero-order valence-corrected chi connectivity index (χ0v) is 18.0. The third-order valence-electron chi connectivity index (χ3n) is 5.29. The van der Waals surface area contributed by atoms with Crippen LogP contribution in [0.3, 0.4) is 0 Å². The van der Waals surface area contributed by atoms with Gasteiger partial charge >= 0.3 is 0 Å². The number of para-hydroxylation sites is 1. The minimum atomic E-state index is -0.580. The van der Waals surface area contributed by atoms with E-state index < -0.39 is 6.04 Å². The van der Waals surface area contributed by atoms with Crippen molar-refractivity contribution in [2.75, 3.05) is 32.8 Å². The van der Waals surface area contributed by atoms with Gasteiger partial charge in [0.05, 0.1) is 25.0 Å². The maximum Gasteiger partial charge on any atom is 0.255 e. The van der Waals surface area contributed by atoms with Crippen molar-refractivity contribution in [1.29, 1.82) is 0 Å². The van der Waals surface area contributed by atoms with Crippen LogP contribution in [0.25, 0.3) is 0 Å². The maximum absolute atomic E-state index is 13.2. The van der Waals surface area contributed by atoms with Gasteiger partial charge in [0.1, 0.15) is 17.6 Å². The summed E-state index contributed by atoms with van der Waals surface area (Å²) in [5.41, 5.74) is 0.445. The monoisotopic (exact) mass is 413 g/mol. The lowest BCUT2D eigenvalue weighted by molar-refractivity contribution is -0.136. The summed E-state index contributed by atoms with van der Waals surface area (Å²) < 4.78 is 11.0. The summed E-state index contributed by atoms with van der Waals surface area (Å²) in [6.45, 7) is 9.81. The molecule has 162 valence electrons. The largest absolute Gasteiger partial charge is 0.493 e. The number of carbonyl (C=O) groups is 2. The number of ether oxygens (including phenoxy) is 1. The molecule has 0 aliphatic carbocycles. The fourth-order valence-corrected chi connectivity index (χ4v) is 3.61. The summed E-state index contributed by atoms with van der Waals surface area (Å²) in [5.74, 6) is 1.10. The first-order valence-corrected chi connectivity index (χ1v) is 10.6. The van der Waals surface area contributed by atoms with Gasteiger partial charge in [0.2, 0.25) is 5.91 Å². The lowest BCUT2D eigenvalue weighted by atomic mass is 10.0. The Balaban J connectivity index is 1.61. The molecule has 0 saturated carbocycles. The van der Waals surface area contributed by atoms with E-state index in [1.807, 2.05) is 43.9 Å². The fraction of sp³-hybridized carbons (Fsp3) is 0.478. The standard InChI is InChI=1S/C23H31N3O4/c1-4-29-20-10-6-5-9-19(20)22(27)24-21(17(2)3)23(28)26-13-11-25(12-14-26)16-18-8-7-15-30-18/h5-10,15,17,21H,4,11-14,16H2,1-3H3,(H,24,27). The first kappa shape index (κ1) is 21.9. The molecule has 2 heterocycles. The molecule has 1 aromatic carbocycles. The number of hydrogen-bond donors (Lipinski definition) is 1. The van der Waals surface area contributed by atoms with E-state index in [1.165, 1.54) is 0 Å². The van der Waals surface area contributed by atoms with Crippen LogP contribution in [-0.4, -0.2) is 60.4 Å². The molecule has 0 radical (unpaired) electrons. The Morgan fingerprint density at radius 2 is 1.83 bits per heavy atom. The van der Waals surface area contributed by atoms with Crippen LogP contribution in [0.4, 0.5) is 0 Å². The first-order chi connectivity index (χ1) is 14.5. The Labute approximate surface area is 178 Å². The number of carbonyl (C=O) groups excluding carboxylic acids is 2. The molecule has 1 aromatic heterocycles. The predicted molar refractivity (Wildman–Crippen MR) is 114 cm³/mol. The van der Waals surface area contributed by atoms with Crippen molar-refractivity contribution in [2.24, 2.45) is 5.92 Å². The maximum atomic E-state index is 13.2. The van der Waals surface area contributed by atoms with Crippen LogP contribution >= 0.6 is 0 Å². The lowest BCUT2D eigenvalue weighted by Gasteiger charge is -2.37. The van der Waals surface area contributed by atoms with Gasteiger partial charge in [-0.25, -0.2) is 0 Å². The molecule has 7 heteroatoms. The summed E-state index contributed by atoms with van der Waals surface area (Å²) in [7, 11) is 0. The van der Waals surface area contributed by atoms with E-state index in [9.17, 15) is 9.59 Å². The molecule has 3 rings (SSSR count). The summed E-state index contributed by atoms with van der Waals surface area (Å²) in [6, 6.07) is 10.4. The van der Waals surface area contributed by atoms with Crippen LogP contribution in [0.1, 0.15) is 36.9 Å². The molecule has 7 nitrogen and oxygen atoms in total. The predicted octanol–water partition coefficient (Wildman–Crippen LogP) is 2.78. The van der Waals surface area contributed by atoms with E-state index in [1.54, 1.807) is 24.5 Å². The minimum absolute atomic E-state index is 0.0261. The van der Waals surface area contributed by atoms with Crippen molar-refractivity contribution >= 4 is 11.8 Å². The number of hydrogen-bond acceptors (Lipinski definition) is 5. The number of piperazine rings is 1. The molecule has 30 heavy (non-hydrogen) atoms. The Morgan fingerprint density at radius 1 is 1.10 bits per heavy atom. The minimum Gasteiger partial charge on any atom is -0.493 e. The molecule has 1 fully saturated rings. The topological polar surface area (TPSA) is 75.0 Å². The van der Waals surface area contributed by atoms with Gasteiger partial charge in [-0.15, -0.1) is 0 Å². The van der Waals surface area contributed by atoms with Crippen LogP contribution in [0, 0.1) is 5.92 Å². The summed E-state index contributed by atoms with van der Waals surface area (Å²) in [4.78, 5) is 30.2. The van der Waals surface area contributed by atoms with E-state index >= 15 is 0 Å². The highest BCUT2D eigenvalue weighted by Gasteiger charge is 2.31. The molecule has 1 saturated heterocycles. The highest BCUT2D eigenvalue weighted by atomic mass is 16.5. The zero-order valence-electron chi connectivity index (χ0n) is 18.0. The average molecular weight is 414 g/mol. The van der Waals surface area contributed by atoms with E-state index in [0.29, 0.717) is 31.0 Å². The molecule has 0 spiro atoms. The van der Waals surface area contributed by atoms with E-state index in [2.05, 4.69) is 10.2 Å². The second kappa shape index (κ2) is 10.3. The van der Waals surface area contributed by atoms with Crippen molar-refractivity contribution in [3.05, 3.63) is 54.0 Å². The van der Waals surface area contributed by atoms with Gasteiger partial charge in [0.25, 0.3) is 5.91 Å². The van der Waals surface area contributed by atoms with E-state index in [0.717, 1.165) is 25.4 Å². The third kappa shape index (κ3) is 5.42. The van der Waals surface area contributed by atoms with Crippen LogP contribution in [0.5, 0.6) is 5.75 Å². The van der Waals surface area contributed by atoms with Crippen LogP contribution in [0.2, 0.25) is 0 Å². The number of rotatable bonds is 8. The van der Waals surface area contributed by atoms with Gasteiger partial charge in [-0.05, 0) is 37.1 Å². The van der Waals surface area contributed by atoms with Gasteiger partial charge in [0.15, 0.2) is 0 Å². The van der Waals surface area contributed by atoms with Gasteiger partial charge in [-0.3, -0.25) is 14.5 Å². The van der Waals surface area contributed by atoms with Crippen LogP contribution in [-0.2, 0) is 11.3 Å². The number of amides is 2. The third-order valence-corrected chi connectivity index (χ3v) is 5.29. The van der Waals surface area contributed by atoms with Crippen molar-refractivity contribution in [3.63, 3.8) is 0 Å². The summed E-state index contributed by atoms with van der Waals surface area (Å²) in [6.07, 6.45) is 1.68. The second-order valence-electron chi connectivity index (χ2n) is 7.81. The lowest BCUT2D eigenvalue weighted by Crippen LogP contribution is -2.56. The number of furan rings is 1. The van der Waals surface area contributed by atoms with Crippen LogP contribution in [0.15, 0.2) is 47.1 Å². The number of nitrogens with one attached hydrogen (secondary N) is 1. The Kier molecular flexibility index (Phi) is 7.52. The van der Waals surface area contributed by atoms with Crippen molar-refractivity contribution in [1.82, 2.24) is 15.1 Å². The summed E-state index contributed by atoms with van der Waals surface area (Å²) >= 11 is 0. The normalized spacial score (nSPS) is 15.8. The quantitative estimate of drug-likeness (QED) is 0.720. The molecular formula is C23H31N3O4. The Morgan fingerprint density at radius 3 is 2.47 bits per heavy atom. The van der Waals surface area contributed by atoms with Gasteiger partial charge < -0.3 is 19.4 Å². The molecule has 1 unspecified atom stereocenters. The van der Waals surface area contributed by atoms with Gasteiger partial charge in [0, 0.05) is 26.2 Å². The van der Waals surface area contributed by atoms with Gasteiger partial charge in [-0.2, -0.15) is 0 Å². The molecule has 1 N–H and O–H groups in total. The molecule has 0 bridgehead atoms. The van der Waals surface area contributed by atoms with Crippen molar-refractivity contribution in [2.45, 2.75) is 33.4 Å². The van der Waals surface area contributed by atoms with Crippen LogP contribution < -0.4 is 10.1 Å². The molecule has 2 aromatic rings. The molecule has 1 aliphatic heterocycles. The van der Waals surface area contributed by atoms with Gasteiger partial charge in [-0.1, -0.05) is 26.0 Å². The smallest absolute Gasteiger partial charge is 0.255 e. The SMILES string of the molecule is CCOc1ccccc1C(=O)NC(C(=O)N1CCN(Cc2ccco2)CC1)C(C)C. The Bertz CT molecular complexity index is 827. The number of nitrogens with zero attached hydrogens (tertiary/aromatic N) is 2. The van der Waals surface area contributed by atoms with Crippen molar-refractivity contribution in [3.8, 4) is 5.75 Å². The first-order valence-electron chi connectivity index (χ1n) is 10.6. The van der Waals surface area contributed by atoms with Crippen molar-refractivity contribution < 1.29 is 18.7 Å². The molecule has 2 amide bonds. The zero-order chi connectivity index (χ0) is 21.5. The van der Waals surface area contributed by atoms with E-state index in [-0.39, 0.29) is 17.7 Å². The van der Waals surface area contributed by atoms with E-state index in [4.69, 9.17) is 9.15 Å². The Hall–Kier alpha value is -2.80. The molecular weight excluding hydrogens is 382 g/mol. The highest BCUT2D eigenvalue weighted by molar-refractivity contribution is 5.99. The fourth-order valence-electron chi connectivity index (χ4n) is 3.61.